The summed E-state index contributed by atoms with van der Waals surface area (Å²) in [7, 11) is 0. The highest BCUT2D eigenvalue weighted by molar-refractivity contribution is 5.09. The van der Waals surface area contributed by atoms with Gasteiger partial charge in [0.05, 0.1) is 0 Å². The van der Waals surface area contributed by atoms with Crippen LogP contribution < -0.4 is 0 Å². The third-order valence-corrected chi connectivity index (χ3v) is 4.85. The molecule has 1 saturated heterocycles. The monoisotopic (exact) mass is 250 g/mol. The molecule has 0 aromatic rings. The lowest BCUT2D eigenvalue weighted by atomic mass is 9.78. The first-order valence-electron chi connectivity index (χ1n) is 7.34. The second-order valence-corrected chi connectivity index (χ2v) is 6.21. The van der Waals surface area contributed by atoms with Crippen molar-refractivity contribution in [2.24, 2.45) is 23.7 Å². The molecule has 1 aliphatic rings. The Kier molecular flexibility index (Phi) is 6.14. The minimum Gasteiger partial charge on any atom is -0.381 e. The van der Waals surface area contributed by atoms with Crippen molar-refractivity contribution in [3.8, 4) is 0 Å². The fourth-order valence-electron chi connectivity index (χ4n) is 2.73. The van der Waals surface area contributed by atoms with Crippen LogP contribution in [0.5, 0.6) is 0 Å². The molecule has 0 N–H and O–H groups in total. The molecule has 4 atom stereocenters. The van der Waals surface area contributed by atoms with Crippen molar-refractivity contribution < 1.29 is 4.74 Å². The van der Waals surface area contributed by atoms with E-state index < -0.39 is 0 Å². The van der Waals surface area contributed by atoms with Crippen molar-refractivity contribution in [3.05, 3.63) is 24.3 Å². The summed E-state index contributed by atoms with van der Waals surface area (Å²) < 4.78 is 5.58. The summed E-state index contributed by atoms with van der Waals surface area (Å²) in [6.07, 6.45) is 3.54. The van der Waals surface area contributed by atoms with Gasteiger partial charge in [0.1, 0.15) is 0 Å². The Morgan fingerprint density at radius 3 is 2.39 bits per heavy atom. The van der Waals surface area contributed by atoms with E-state index in [9.17, 15) is 0 Å². The number of allylic oxidation sites excluding steroid dienone is 2. The molecular weight excluding hydrogens is 220 g/mol. The molecule has 4 unspecified atom stereocenters. The van der Waals surface area contributed by atoms with Gasteiger partial charge in [-0.2, -0.15) is 0 Å². The topological polar surface area (TPSA) is 9.23 Å². The molecule has 0 amide bonds. The maximum Gasteiger partial charge on any atom is 0.0468 e. The average molecular weight is 250 g/mol. The van der Waals surface area contributed by atoms with E-state index in [1.165, 1.54) is 24.0 Å². The first-order chi connectivity index (χ1) is 8.43. The average Bonchev–Trinajstić information content (AvgIpc) is 2.53. The Morgan fingerprint density at radius 2 is 1.78 bits per heavy atom. The molecule has 0 spiro atoms. The van der Waals surface area contributed by atoms with Gasteiger partial charge >= 0.3 is 0 Å². The van der Waals surface area contributed by atoms with Crippen LogP contribution in [0.25, 0.3) is 0 Å². The van der Waals surface area contributed by atoms with Gasteiger partial charge in [-0.25, -0.2) is 0 Å². The third-order valence-electron chi connectivity index (χ3n) is 4.85. The van der Waals surface area contributed by atoms with E-state index in [1.54, 1.807) is 0 Å². The number of rotatable bonds is 5. The Balaban J connectivity index is 2.54. The quantitative estimate of drug-likeness (QED) is 0.634. The van der Waals surface area contributed by atoms with Crippen LogP contribution in [0.4, 0.5) is 0 Å². The van der Waals surface area contributed by atoms with Crippen molar-refractivity contribution in [1.29, 1.82) is 0 Å². The smallest absolute Gasteiger partial charge is 0.0468 e. The summed E-state index contributed by atoms with van der Waals surface area (Å²) in [5.74, 6) is 2.59. The first-order valence-corrected chi connectivity index (χ1v) is 7.34. The normalized spacial score (nSPS) is 28.2. The zero-order chi connectivity index (χ0) is 13.7. The molecule has 0 bridgehead atoms. The lowest BCUT2D eigenvalue weighted by Gasteiger charge is -2.27. The zero-order valence-corrected chi connectivity index (χ0v) is 12.7. The number of hydrogen-bond donors (Lipinski definition) is 0. The van der Waals surface area contributed by atoms with Gasteiger partial charge in [0.15, 0.2) is 0 Å². The summed E-state index contributed by atoms with van der Waals surface area (Å²) in [6.45, 7) is 19.3. The predicted molar refractivity (Wildman–Crippen MR) is 79.6 cm³/mol. The minimum absolute atomic E-state index is 0.537. The Hall–Kier alpha value is -0.560. The lowest BCUT2D eigenvalue weighted by molar-refractivity contribution is 0.140. The summed E-state index contributed by atoms with van der Waals surface area (Å²) >= 11 is 0. The van der Waals surface area contributed by atoms with E-state index in [2.05, 4.69) is 40.9 Å². The maximum atomic E-state index is 5.58. The SMILES string of the molecule is C=C(C)C(C)C(C)C(=C)CC1CCOCCC1C. The second-order valence-electron chi connectivity index (χ2n) is 6.21. The van der Waals surface area contributed by atoms with E-state index in [4.69, 9.17) is 4.74 Å². The van der Waals surface area contributed by atoms with Gasteiger partial charge in [0, 0.05) is 13.2 Å². The molecule has 0 aliphatic carbocycles. The summed E-state index contributed by atoms with van der Waals surface area (Å²) in [4.78, 5) is 0. The minimum atomic E-state index is 0.537. The highest BCUT2D eigenvalue weighted by Gasteiger charge is 2.24. The van der Waals surface area contributed by atoms with Gasteiger partial charge < -0.3 is 4.74 Å². The van der Waals surface area contributed by atoms with E-state index in [1.807, 2.05) is 0 Å². The summed E-state index contributed by atoms with van der Waals surface area (Å²) in [5, 5.41) is 0. The van der Waals surface area contributed by atoms with Crippen molar-refractivity contribution >= 4 is 0 Å². The second kappa shape index (κ2) is 7.13. The van der Waals surface area contributed by atoms with Crippen LogP contribution in [0.3, 0.4) is 0 Å². The van der Waals surface area contributed by atoms with E-state index in [-0.39, 0.29) is 0 Å². The molecule has 1 heterocycles. The van der Waals surface area contributed by atoms with E-state index >= 15 is 0 Å². The molecule has 18 heavy (non-hydrogen) atoms. The summed E-state index contributed by atoms with van der Waals surface area (Å²) in [6, 6.07) is 0. The maximum absolute atomic E-state index is 5.58. The van der Waals surface area contributed by atoms with E-state index in [0.717, 1.165) is 31.5 Å². The Bertz CT molecular complexity index is 292. The molecule has 0 aromatic carbocycles. The van der Waals surface area contributed by atoms with Crippen LogP contribution in [0.2, 0.25) is 0 Å². The molecule has 0 aromatic heterocycles. The first kappa shape index (κ1) is 15.5. The van der Waals surface area contributed by atoms with Crippen LogP contribution >= 0.6 is 0 Å². The van der Waals surface area contributed by atoms with Gasteiger partial charge in [-0.05, 0) is 49.9 Å². The Labute approximate surface area is 113 Å². The predicted octanol–water partition coefficient (Wildman–Crippen LogP) is 4.84. The van der Waals surface area contributed by atoms with Gasteiger partial charge in [-0.15, -0.1) is 0 Å². The number of hydrogen-bond acceptors (Lipinski definition) is 1. The molecule has 0 saturated carbocycles. The largest absolute Gasteiger partial charge is 0.381 e. The van der Waals surface area contributed by atoms with Gasteiger partial charge in [-0.1, -0.05) is 45.1 Å². The van der Waals surface area contributed by atoms with Gasteiger partial charge in [0.25, 0.3) is 0 Å². The third kappa shape index (κ3) is 4.28. The van der Waals surface area contributed by atoms with Crippen molar-refractivity contribution in [2.45, 2.75) is 47.0 Å². The van der Waals surface area contributed by atoms with Crippen LogP contribution in [0.15, 0.2) is 24.3 Å². The molecule has 1 nitrogen and oxygen atoms in total. The Morgan fingerprint density at radius 1 is 1.17 bits per heavy atom. The molecular formula is C17H30O. The van der Waals surface area contributed by atoms with Gasteiger partial charge in [-0.3, -0.25) is 0 Å². The lowest BCUT2D eigenvalue weighted by Crippen LogP contribution is -2.17. The highest BCUT2D eigenvalue weighted by Crippen LogP contribution is 2.33. The highest BCUT2D eigenvalue weighted by atomic mass is 16.5. The molecule has 104 valence electrons. The standard InChI is InChI=1S/C17H30O/c1-12(2)15(5)16(6)14(4)11-17-8-10-18-9-7-13(17)3/h13,15-17H,1,4,7-11H2,2-3,5-6H3. The fraction of sp³-hybridized carbons (Fsp3) is 0.765. The van der Waals surface area contributed by atoms with Crippen LogP contribution in [-0.2, 0) is 4.74 Å². The zero-order valence-electron chi connectivity index (χ0n) is 12.7. The van der Waals surface area contributed by atoms with Crippen molar-refractivity contribution in [2.75, 3.05) is 13.2 Å². The fourth-order valence-corrected chi connectivity index (χ4v) is 2.73. The molecule has 1 rings (SSSR count). The van der Waals surface area contributed by atoms with Crippen LogP contribution in [0.1, 0.15) is 47.0 Å². The molecule has 1 aliphatic heterocycles. The molecule has 1 fully saturated rings. The number of ether oxygens (including phenoxy) is 1. The van der Waals surface area contributed by atoms with E-state index in [0.29, 0.717) is 11.8 Å². The van der Waals surface area contributed by atoms with Gasteiger partial charge in [0.2, 0.25) is 0 Å². The molecule has 0 radical (unpaired) electrons. The van der Waals surface area contributed by atoms with Crippen LogP contribution in [0, 0.1) is 23.7 Å². The molecule has 1 heteroatoms. The van der Waals surface area contributed by atoms with Crippen LogP contribution in [-0.4, -0.2) is 13.2 Å². The summed E-state index contributed by atoms with van der Waals surface area (Å²) in [5.41, 5.74) is 2.66. The van der Waals surface area contributed by atoms with Crippen molar-refractivity contribution in [3.63, 3.8) is 0 Å². The van der Waals surface area contributed by atoms with Crippen molar-refractivity contribution in [1.82, 2.24) is 0 Å².